The Morgan fingerprint density at radius 1 is 0.625 bits per heavy atom. The van der Waals surface area contributed by atoms with Crippen molar-refractivity contribution < 1.29 is 0 Å². The van der Waals surface area contributed by atoms with E-state index in [9.17, 15) is 0 Å². The highest BCUT2D eigenvalue weighted by Crippen LogP contribution is 2.46. The SMILES string of the molecule is Cc1c2cc3sc4ccsc4c3c(C)c2cc2sc3ccsc3c12. The zero-order chi connectivity index (χ0) is 16.0. The lowest BCUT2D eigenvalue weighted by Crippen LogP contribution is -1.84. The van der Waals surface area contributed by atoms with Gasteiger partial charge in [-0.1, -0.05) is 0 Å². The van der Waals surface area contributed by atoms with Crippen molar-refractivity contribution in [3.8, 4) is 0 Å². The molecular weight excluding hydrogens is 368 g/mol. The fourth-order valence-electron chi connectivity index (χ4n) is 3.90. The third-order valence-electron chi connectivity index (χ3n) is 5.04. The van der Waals surface area contributed by atoms with E-state index in [-0.39, 0.29) is 0 Å². The molecule has 0 saturated heterocycles. The van der Waals surface area contributed by atoms with Gasteiger partial charge in [-0.2, -0.15) is 0 Å². The minimum absolute atomic E-state index is 1.42. The molecule has 0 saturated carbocycles. The topological polar surface area (TPSA) is 0 Å². The van der Waals surface area contributed by atoms with Gasteiger partial charge in [0.1, 0.15) is 0 Å². The Labute approximate surface area is 154 Å². The second kappa shape index (κ2) is 4.58. The number of rotatable bonds is 0. The maximum atomic E-state index is 2.43. The van der Waals surface area contributed by atoms with Gasteiger partial charge in [0.25, 0.3) is 0 Å². The maximum Gasteiger partial charge on any atom is 0.0532 e. The molecule has 2 aromatic carbocycles. The molecule has 116 valence electrons. The van der Waals surface area contributed by atoms with Crippen LogP contribution in [0.4, 0.5) is 0 Å². The zero-order valence-electron chi connectivity index (χ0n) is 13.1. The first-order valence-electron chi connectivity index (χ1n) is 7.84. The molecule has 0 aliphatic carbocycles. The second-order valence-corrected chi connectivity index (χ2v) is 10.3. The predicted molar refractivity (Wildman–Crippen MR) is 115 cm³/mol. The van der Waals surface area contributed by atoms with Gasteiger partial charge < -0.3 is 0 Å². The number of benzene rings is 2. The summed E-state index contributed by atoms with van der Waals surface area (Å²) in [4.78, 5) is 0. The van der Waals surface area contributed by atoms with Gasteiger partial charge in [0.15, 0.2) is 0 Å². The van der Waals surface area contributed by atoms with E-state index in [2.05, 4.69) is 48.9 Å². The highest BCUT2D eigenvalue weighted by Gasteiger charge is 2.16. The zero-order valence-corrected chi connectivity index (χ0v) is 16.4. The van der Waals surface area contributed by atoms with Crippen LogP contribution in [0.25, 0.3) is 49.7 Å². The number of hydrogen-bond donors (Lipinski definition) is 0. The van der Waals surface area contributed by atoms with Crippen LogP contribution in [-0.2, 0) is 0 Å². The van der Waals surface area contributed by atoms with Crippen molar-refractivity contribution in [3.63, 3.8) is 0 Å². The van der Waals surface area contributed by atoms with Crippen molar-refractivity contribution in [1.29, 1.82) is 0 Å². The van der Waals surface area contributed by atoms with Crippen LogP contribution in [0.15, 0.2) is 35.0 Å². The molecule has 0 aliphatic rings. The van der Waals surface area contributed by atoms with Crippen molar-refractivity contribution in [1.82, 2.24) is 0 Å². The number of aryl methyl sites for hydroxylation is 2. The van der Waals surface area contributed by atoms with Gasteiger partial charge in [-0.05, 0) is 70.8 Å². The Morgan fingerprint density at radius 3 is 1.54 bits per heavy atom. The second-order valence-electron chi connectivity index (χ2n) is 6.28. The van der Waals surface area contributed by atoms with E-state index in [1.165, 1.54) is 60.9 Å². The van der Waals surface area contributed by atoms with E-state index >= 15 is 0 Å². The van der Waals surface area contributed by atoms with Crippen LogP contribution in [-0.4, -0.2) is 0 Å². The summed E-state index contributed by atoms with van der Waals surface area (Å²) in [7, 11) is 0. The monoisotopic (exact) mass is 380 g/mol. The number of fused-ring (bicyclic) bond motifs is 7. The third-order valence-corrected chi connectivity index (χ3v) is 9.37. The summed E-state index contributed by atoms with van der Waals surface area (Å²) < 4.78 is 8.63. The van der Waals surface area contributed by atoms with E-state index in [1.54, 1.807) is 0 Å². The quantitative estimate of drug-likeness (QED) is 0.248. The largest absolute Gasteiger partial charge is 0.142 e. The lowest BCUT2D eigenvalue weighted by molar-refractivity contribution is 1.58. The molecule has 24 heavy (non-hydrogen) atoms. The molecule has 0 spiro atoms. The summed E-state index contributed by atoms with van der Waals surface area (Å²) in [5.74, 6) is 0. The molecule has 4 aromatic heterocycles. The molecule has 0 atom stereocenters. The third kappa shape index (κ3) is 1.58. The molecule has 0 bridgehead atoms. The van der Waals surface area contributed by atoms with Crippen LogP contribution in [0.2, 0.25) is 0 Å². The molecule has 0 radical (unpaired) electrons. The molecule has 6 rings (SSSR count). The fraction of sp³-hybridized carbons (Fsp3) is 0.100. The van der Waals surface area contributed by atoms with Gasteiger partial charge in [-0.15, -0.1) is 45.3 Å². The maximum absolute atomic E-state index is 2.43. The van der Waals surface area contributed by atoms with Crippen molar-refractivity contribution in [2.75, 3.05) is 0 Å². The van der Waals surface area contributed by atoms with Crippen LogP contribution < -0.4 is 0 Å². The lowest BCUT2D eigenvalue weighted by atomic mass is 9.96. The number of hydrogen-bond acceptors (Lipinski definition) is 4. The van der Waals surface area contributed by atoms with Gasteiger partial charge in [-0.25, -0.2) is 0 Å². The van der Waals surface area contributed by atoms with E-state index < -0.39 is 0 Å². The molecule has 0 fully saturated rings. The highest BCUT2D eigenvalue weighted by molar-refractivity contribution is 7.32. The molecule has 0 unspecified atom stereocenters. The van der Waals surface area contributed by atoms with E-state index in [4.69, 9.17) is 0 Å². The van der Waals surface area contributed by atoms with Gasteiger partial charge in [-0.3, -0.25) is 0 Å². The van der Waals surface area contributed by atoms with Gasteiger partial charge in [0.05, 0.1) is 9.40 Å². The highest BCUT2D eigenvalue weighted by atomic mass is 32.1. The normalized spacial score (nSPS) is 12.6. The van der Waals surface area contributed by atoms with Crippen LogP contribution in [0.3, 0.4) is 0 Å². The molecule has 4 heterocycles. The molecule has 4 heteroatoms. The summed E-state index contributed by atoms with van der Waals surface area (Å²) in [6.07, 6.45) is 0. The Hall–Kier alpha value is -1.46. The smallest absolute Gasteiger partial charge is 0.0532 e. The standard InChI is InChI=1S/C20H12S4/c1-9-11-7-16-18(20-14(24-16)4-6-22-20)10(2)12(11)8-15-17(9)19-13(23-15)3-5-21-19/h3-8H,1-2H3. The molecule has 0 nitrogen and oxygen atoms in total. The van der Waals surface area contributed by atoms with Crippen LogP contribution in [0, 0.1) is 13.8 Å². The van der Waals surface area contributed by atoms with E-state index in [0.29, 0.717) is 0 Å². The van der Waals surface area contributed by atoms with Crippen LogP contribution in [0.1, 0.15) is 11.1 Å². The molecular formula is C20H12S4. The Bertz CT molecular complexity index is 1310. The first-order chi connectivity index (χ1) is 11.7. The van der Waals surface area contributed by atoms with Crippen molar-refractivity contribution in [2.45, 2.75) is 13.8 Å². The van der Waals surface area contributed by atoms with Crippen molar-refractivity contribution >= 4 is 95.1 Å². The van der Waals surface area contributed by atoms with Gasteiger partial charge in [0, 0.05) is 29.6 Å². The summed E-state index contributed by atoms with van der Waals surface area (Å²) in [5, 5.41) is 10.2. The van der Waals surface area contributed by atoms with E-state index in [0.717, 1.165) is 0 Å². The fourth-order valence-corrected chi connectivity index (χ4v) is 8.76. The van der Waals surface area contributed by atoms with E-state index in [1.807, 2.05) is 45.3 Å². The summed E-state index contributed by atoms with van der Waals surface area (Å²) in [6.45, 7) is 4.61. The Balaban J connectivity index is 1.92. The minimum Gasteiger partial charge on any atom is -0.142 e. The minimum atomic E-state index is 1.42. The summed E-state index contributed by atoms with van der Waals surface area (Å²) in [6, 6.07) is 9.38. The molecule has 6 aromatic rings. The molecule has 0 N–H and O–H groups in total. The molecule has 0 aliphatic heterocycles. The van der Waals surface area contributed by atoms with Crippen molar-refractivity contribution in [2.24, 2.45) is 0 Å². The summed E-state index contributed by atoms with van der Waals surface area (Å²) in [5.41, 5.74) is 2.89. The first kappa shape index (κ1) is 13.8. The Morgan fingerprint density at radius 2 is 1.08 bits per heavy atom. The average Bonchev–Trinajstić information content (AvgIpc) is 3.27. The average molecular weight is 381 g/mol. The number of thiophene rings is 4. The predicted octanol–water partition coefficient (Wildman–Crippen LogP) is 8.32. The van der Waals surface area contributed by atoms with Gasteiger partial charge >= 0.3 is 0 Å². The first-order valence-corrected chi connectivity index (χ1v) is 11.2. The Kier molecular flexibility index (Phi) is 2.63. The van der Waals surface area contributed by atoms with Gasteiger partial charge in [0.2, 0.25) is 0 Å². The molecule has 0 amide bonds. The van der Waals surface area contributed by atoms with Crippen LogP contribution in [0.5, 0.6) is 0 Å². The lowest BCUT2D eigenvalue weighted by Gasteiger charge is -2.09. The summed E-state index contributed by atoms with van der Waals surface area (Å²) >= 11 is 7.62. The van der Waals surface area contributed by atoms with Crippen molar-refractivity contribution in [3.05, 3.63) is 46.2 Å². The van der Waals surface area contributed by atoms with Crippen LogP contribution >= 0.6 is 45.3 Å².